The first-order valence-electron chi connectivity index (χ1n) is 6.27. The molecule has 98 valence electrons. The monoisotopic (exact) mass is 311 g/mol. The lowest BCUT2D eigenvalue weighted by Crippen LogP contribution is -2.39. The number of halogens is 1. The fourth-order valence-corrected chi connectivity index (χ4v) is 2.58. The zero-order valence-corrected chi connectivity index (χ0v) is 11.8. The lowest BCUT2D eigenvalue weighted by molar-refractivity contribution is 0.244. The van der Waals surface area contributed by atoms with Crippen molar-refractivity contribution in [2.75, 3.05) is 11.1 Å². The Labute approximate surface area is 115 Å². The fraction of sp³-hybridized carbons (Fsp3) is 0.462. The number of rotatable bonds is 2. The summed E-state index contributed by atoms with van der Waals surface area (Å²) < 4.78 is 0.790. The Morgan fingerprint density at radius 2 is 2.00 bits per heavy atom. The molecule has 1 aromatic rings. The van der Waals surface area contributed by atoms with Gasteiger partial charge < -0.3 is 16.4 Å². The summed E-state index contributed by atoms with van der Waals surface area (Å²) >= 11 is 3.34. The van der Waals surface area contributed by atoms with Crippen molar-refractivity contribution in [3.8, 4) is 0 Å². The predicted molar refractivity (Wildman–Crippen MR) is 77.6 cm³/mol. The quantitative estimate of drug-likeness (QED) is 0.732. The number of hydrogen-bond acceptors (Lipinski definition) is 2. The number of anilines is 2. The maximum absolute atomic E-state index is 11.8. The van der Waals surface area contributed by atoms with E-state index in [4.69, 9.17) is 5.73 Å². The van der Waals surface area contributed by atoms with Crippen LogP contribution in [0.5, 0.6) is 0 Å². The van der Waals surface area contributed by atoms with Crippen LogP contribution in [0.15, 0.2) is 22.7 Å². The number of hydrogen-bond donors (Lipinski definition) is 3. The van der Waals surface area contributed by atoms with Crippen LogP contribution in [0.25, 0.3) is 0 Å². The smallest absolute Gasteiger partial charge is 0.319 e. The molecule has 5 heteroatoms. The highest BCUT2D eigenvalue weighted by molar-refractivity contribution is 9.10. The summed E-state index contributed by atoms with van der Waals surface area (Å²) in [5.74, 6) is 0. The van der Waals surface area contributed by atoms with Gasteiger partial charge in [0.1, 0.15) is 0 Å². The van der Waals surface area contributed by atoms with Gasteiger partial charge in [-0.15, -0.1) is 0 Å². The lowest BCUT2D eigenvalue weighted by atomic mass is 9.96. The maximum Gasteiger partial charge on any atom is 0.319 e. The minimum absolute atomic E-state index is 0.140. The second kappa shape index (κ2) is 6.09. The zero-order valence-electron chi connectivity index (χ0n) is 10.2. The lowest BCUT2D eigenvalue weighted by Gasteiger charge is -2.22. The third-order valence-corrected chi connectivity index (χ3v) is 3.89. The molecule has 0 heterocycles. The third kappa shape index (κ3) is 3.63. The molecule has 2 amide bonds. The number of amides is 2. The van der Waals surface area contributed by atoms with Crippen LogP contribution in [0.4, 0.5) is 16.2 Å². The normalized spacial score (nSPS) is 16.3. The average Bonchev–Trinajstić information content (AvgIpc) is 2.35. The van der Waals surface area contributed by atoms with E-state index in [1.165, 1.54) is 19.3 Å². The van der Waals surface area contributed by atoms with E-state index in [2.05, 4.69) is 26.6 Å². The van der Waals surface area contributed by atoms with Gasteiger partial charge in [0.25, 0.3) is 0 Å². The van der Waals surface area contributed by atoms with E-state index in [1.54, 1.807) is 18.2 Å². The van der Waals surface area contributed by atoms with E-state index in [0.717, 1.165) is 23.0 Å². The molecule has 0 atom stereocenters. The molecule has 0 aliphatic heterocycles. The van der Waals surface area contributed by atoms with Crippen molar-refractivity contribution in [2.24, 2.45) is 0 Å². The first kappa shape index (κ1) is 13.2. The van der Waals surface area contributed by atoms with Crippen molar-refractivity contribution in [1.82, 2.24) is 5.32 Å². The van der Waals surface area contributed by atoms with Gasteiger partial charge in [0.2, 0.25) is 0 Å². The Balaban J connectivity index is 1.88. The number of benzene rings is 1. The van der Waals surface area contributed by atoms with Crippen LogP contribution in [0, 0.1) is 0 Å². The van der Waals surface area contributed by atoms with Crippen LogP contribution in [0.2, 0.25) is 0 Å². The Morgan fingerprint density at radius 3 is 2.67 bits per heavy atom. The molecular formula is C13H18BrN3O. The molecule has 0 radical (unpaired) electrons. The fourth-order valence-electron chi connectivity index (χ4n) is 2.20. The van der Waals surface area contributed by atoms with E-state index in [-0.39, 0.29) is 6.03 Å². The Hall–Kier alpha value is -1.23. The van der Waals surface area contributed by atoms with Gasteiger partial charge in [-0.1, -0.05) is 19.3 Å². The topological polar surface area (TPSA) is 67.1 Å². The van der Waals surface area contributed by atoms with Crippen LogP contribution in [0.1, 0.15) is 32.1 Å². The van der Waals surface area contributed by atoms with Crippen molar-refractivity contribution in [3.05, 3.63) is 22.7 Å². The van der Waals surface area contributed by atoms with E-state index in [0.29, 0.717) is 11.7 Å². The van der Waals surface area contributed by atoms with E-state index >= 15 is 0 Å². The van der Waals surface area contributed by atoms with Crippen molar-refractivity contribution in [3.63, 3.8) is 0 Å². The van der Waals surface area contributed by atoms with E-state index in [9.17, 15) is 4.79 Å². The van der Waals surface area contributed by atoms with Gasteiger partial charge >= 0.3 is 6.03 Å². The Morgan fingerprint density at radius 1 is 1.28 bits per heavy atom. The number of nitrogens with one attached hydrogen (secondary N) is 2. The molecule has 4 N–H and O–H groups in total. The number of carbonyl (C=O) groups is 1. The SMILES string of the molecule is Nc1ccc(NC(=O)NC2CCCCC2)cc1Br. The van der Waals surface area contributed by atoms with Crippen molar-refractivity contribution in [1.29, 1.82) is 0 Å². The molecule has 1 fully saturated rings. The Bertz CT molecular complexity index is 430. The molecule has 0 unspecified atom stereocenters. The van der Waals surface area contributed by atoms with Crippen LogP contribution in [-0.4, -0.2) is 12.1 Å². The Kier molecular flexibility index (Phi) is 4.47. The third-order valence-electron chi connectivity index (χ3n) is 3.20. The molecule has 0 saturated heterocycles. The zero-order chi connectivity index (χ0) is 13.0. The van der Waals surface area contributed by atoms with Crippen molar-refractivity contribution >= 4 is 33.3 Å². The maximum atomic E-state index is 11.8. The summed E-state index contributed by atoms with van der Waals surface area (Å²) in [6.45, 7) is 0. The number of nitrogen functional groups attached to an aromatic ring is 1. The van der Waals surface area contributed by atoms with Crippen LogP contribution in [0.3, 0.4) is 0 Å². The summed E-state index contributed by atoms with van der Waals surface area (Å²) in [4.78, 5) is 11.8. The standard InChI is InChI=1S/C13H18BrN3O/c14-11-8-10(6-7-12(11)15)17-13(18)16-9-4-2-1-3-5-9/h6-9H,1-5,15H2,(H2,16,17,18). The van der Waals surface area contributed by atoms with Gasteiger partial charge in [-0.05, 0) is 47.0 Å². The minimum Gasteiger partial charge on any atom is -0.398 e. The first-order valence-corrected chi connectivity index (χ1v) is 7.07. The van der Waals surface area contributed by atoms with Gasteiger partial charge in [0.05, 0.1) is 0 Å². The van der Waals surface area contributed by atoms with Crippen molar-refractivity contribution < 1.29 is 4.79 Å². The summed E-state index contributed by atoms with van der Waals surface area (Å²) in [5.41, 5.74) is 7.09. The predicted octanol–water partition coefficient (Wildman–Crippen LogP) is 3.49. The molecule has 1 saturated carbocycles. The van der Waals surface area contributed by atoms with Crippen LogP contribution < -0.4 is 16.4 Å². The number of carbonyl (C=O) groups excluding carboxylic acids is 1. The minimum atomic E-state index is -0.140. The highest BCUT2D eigenvalue weighted by atomic mass is 79.9. The second-order valence-corrected chi connectivity index (χ2v) is 5.52. The molecular weight excluding hydrogens is 294 g/mol. The van der Waals surface area contributed by atoms with Gasteiger partial charge in [0, 0.05) is 21.9 Å². The molecule has 18 heavy (non-hydrogen) atoms. The molecule has 2 rings (SSSR count). The van der Waals surface area contributed by atoms with Gasteiger partial charge in [-0.2, -0.15) is 0 Å². The summed E-state index contributed by atoms with van der Waals surface area (Å²) in [5, 5.41) is 5.83. The average molecular weight is 312 g/mol. The number of urea groups is 1. The van der Waals surface area contributed by atoms with Crippen LogP contribution >= 0.6 is 15.9 Å². The van der Waals surface area contributed by atoms with Crippen LogP contribution in [-0.2, 0) is 0 Å². The molecule has 0 spiro atoms. The molecule has 0 aromatic heterocycles. The van der Waals surface area contributed by atoms with Gasteiger partial charge in [-0.3, -0.25) is 0 Å². The summed E-state index contributed by atoms with van der Waals surface area (Å²) in [6, 6.07) is 5.53. The molecule has 4 nitrogen and oxygen atoms in total. The molecule has 1 aromatic carbocycles. The number of nitrogens with two attached hydrogens (primary N) is 1. The van der Waals surface area contributed by atoms with E-state index in [1.807, 2.05) is 0 Å². The van der Waals surface area contributed by atoms with Gasteiger partial charge in [0.15, 0.2) is 0 Å². The summed E-state index contributed by atoms with van der Waals surface area (Å²) in [7, 11) is 0. The van der Waals surface area contributed by atoms with Gasteiger partial charge in [-0.25, -0.2) is 4.79 Å². The van der Waals surface area contributed by atoms with Crippen molar-refractivity contribution in [2.45, 2.75) is 38.1 Å². The highest BCUT2D eigenvalue weighted by Gasteiger charge is 2.15. The highest BCUT2D eigenvalue weighted by Crippen LogP contribution is 2.23. The molecule has 1 aliphatic rings. The first-order chi connectivity index (χ1) is 8.65. The second-order valence-electron chi connectivity index (χ2n) is 4.67. The van der Waals surface area contributed by atoms with E-state index < -0.39 is 0 Å². The summed E-state index contributed by atoms with van der Waals surface area (Å²) in [6.07, 6.45) is 5.86. The molecule has 0 bridgehead atoms. The molecule has 1 aliphatic carbocycles. The largest absolute Gasteiger partial charge is 0.398 e.